The van der Waals surface area contributed by atoms with Crippen LogP contribution < -0.4 is 5.32 Å². The van der Waals surface area contributed by atoms with Crippen molar-refractivity contribution < 1.29 is 9.59 Å². The lowest BCUT2D eigenvalue weighted by Crippen LogP contribution is -2.66. The fourth-order valence-corrected chi connectivity index (χ4v) is 5.06. The largest absolute Gasteiger partial charge is 0.353 e. The molecule has 3 aliphatic rings. The predicted molar refractivity (Wildman–Crippen MR) is 127 cm³/mol. The Balaban J connectivity index is 0.00000300. The van der Waals surface area contributed by atoms with Crippen molar-refractivity contribution in [1.29, 1.82) is 0 Å². The molecule has 0 aromatic heterocycles. The molecule has 7 nitrogen and oxygen atoms in total. The summed E-state index contributed by atoms with van der Waals surface area (Å²) in [6.07, 6.45) is 10.6. The number of hydrogen-bond donors (Lipinski definition) is 1. The monoisotopic (exact) mass is 519 g/mol. The van der Waals surface area contributed by atoms with Crippen LogP contribution in [-0.2, 0) is 9.59 Å². The Morgan fingerprint density at radius 3 is 2.31 bits per heavy atom. The fourth-order valence-electron chi connectivity index (χ4n) is 5.06. The van der Waals surface area contributed by atoms with E-state index in [1.54, 1.807) is 25.9 Å². The van der Waals surface area contributed by atoms with Crippen molar-refractivity contribution in [2.24, 2.45) is 4.99 Å². The zero-order valence-corrected chi connectivity index (χ0v) is 20.6. The third-order valence-corrected chi connectivity index (χ3v) is 6.67. The van der Waals surface area contributed by atoms with Gasteiger partial charge in [-0.05, 0) is 25.7 Å². The van der Waals surface area contributed by atoms with E-state index in [0.717, 1.165) is 38.4 Å². The van der Waals surface area contributed by atoms with Crippen LogP contribution in [0.1, 0.15) is 64.7 Å². The van der Waals surface area contributed by atoms with Gasteiger partial charge in [0.1, 0.15) is 6.54 Å². The minimum atomic E-state index is -0.0774. The molecule has 29 heavy (non-hydrogen) atoms. The van der Waals surface area contributed by atoms with E-state index in [1.165, 1.54) is 44.9 Å². The zero-order chi connectivity index (χ0) is 20.1. The van der Waals surface area contributed by atoms with Crippen LogP contribution in [0.2, 0.25) is 0 Å². The summed E-state index contributed by atoms with van der Waals surface area (Å²) in [5.74, 6) is 1.06. The van der Waals surface area contributed by atoms with Crippen molar-refractivity contribution in [3.63, 3.8) is 0 Å². The summed E-state index contributed by atoms with van der Waals surface area (Å²) >= 11 is 0. The molecule has 2 amide bonds. The Kier molecular flexibility index (Phi) is 9.03. The standard InChI is InChI=1S/C21H37N5O2.HI/c1-17(27)26-14-13-25(16-21(26)11-7-4-8-12-21)20(22-15-19(28)24(2)3)23-18-9-5-6-10-18;/h18H,4-16H2,1-3H3,(H,22,23);1H. The minimum Gasteiger partial charge on any atom is -0.353 e. The highest BCUT2D eigenvalue weighted by atomic mass is 127. The number of carbonyl (C=O) groups is 2. The minimum absolute atomic E-state index is 0. The third-order valence-electron chi connectivity index (χ3n) is 6.67. The number of aliphatic imine (C=N–C) groups is 1. The van der Waals surface area contributed by atoms with Gasteiger partial charge in [0.05, 0.1) is 5.54 Å². The molecule has 1 spiro atoms. The molecule has 2 saturated carbocycles. The van der Waals surface area contributed by atoms with Crippen LogP contribution in [0.5, 0.6) is 0 Å². The lowest BCUT2D eigenvalue weighted by molar-refractivity contribution is -0.140. The second-order valence-electron chi connectivity index (χ2n) is 8.93. The summed E-state index contributed by atoms with van der Waals surface area (Å²) < 4.78 is 0. The molecule has 0 unspecified atom stereocenters. The molecular weight excluding hydrogens is 481 g/mol. The van der Waals surface area contributed by atoms with Crippen LogP contribution in [0.25, 0.3) is 0 Å². The average molecular weight is 519 g/mol. The van der Waals surface area contributed by atoms with E-state index in [0.29, 0.717) is 6.04 Å². The molecule has 0 atom stereocenters. The van der Waals surface area contributed by atoms with Crippen LogP contribution in [0, 0.1) is 0 Å². The number of carbonyl (C=O) groups excluding carboxylic acids is 2. The fraction of sp³-hybridized carbons (Fsp3) is 0.857. The lowest BCUT2D eigenvalue weighted by Gasteiger charge is -2.53. The number of nitrogens with one attached hydrogen (secondary N) is 1. The molecule has 2 aliphatic carbocycles. The van der Waals surface area contributed by atoms with Crippen molar-refractivity contribution in [3.8, 4) is 0 Å². The Morgan fingerprint density at radius 1 is 1.07 bits per heavy atom. The molecule has 0 aromatic rings. The number of likely N-dealkylation sites (N-methyl/N-ethyl adjacent to an activating group) is 1. The summed E-state index contributed by atoms with van der Waals surface area (Å²) in [6.45, 7) is 4.20. The van der Waals surface area contributed by atoms with Crippen LogP contribution in [0.3, 0.4) is 0 Å². The van der Waals surface area contributed by atoms with Crippen molar-refractivity contribution in [1.82, 2.24) is 20.0 Å². The predicted octanol–water partition coefficient (Wildman–Crippen LogP) is 2.45. The van der Waals surface area contributed by atoms with Gasteiger partial charge in [0.15, 0.2) is 5.96 Å². The molecule has 0 radical (unpaired) electrons. The number of halogens is 1. The number of nitrogens with zero attached hydrogens (tertiary/aromatic N) is 4. The first-order chi connectivity index (χ1) is 13.4. The van der Waals surface area contributed by atoms with Gasteiger partial charge in [-0.1, -0.05) is 32.1 Å². The Labute approximate surface area is 192 Å². The van der Waals surface area contributed by atoms with Gasteiger partial charge in [-0.3, -0.25) is 9.59 Å². The number of rotatable bonds is 3. The van der Waals surface area contributed by atoms with E-state index in [4.69, 9.17) is 4.99 Å². The summed E-state index contributed by atoms with van der Waals surface area (Å²) in [5.41, 5.74) is -0.0774. The number of hydrogen-bond acceptors (Lipinski definition) is 3. The SMILES string of the molecule is CC(=O)N1CCN(C(=NCC(=O)N(C)C)NC2CCCC2)CC12CCCCC2.I. The first kappa shape index (κ1) is 24.2. The van der Waals surface area contributed by atoms with E-state index in [2.05, 4.69) is 15.1 Å². The first-order valence-electron chi connectivity index (χ1n) is 11.0. The highest BCUT2D eigenvalue weighted by Crippen LogP contribution is 2.36. The van der Waals surface area contributed by atoms with Crippen LogP contribution in [0.15, 0.2) is 4.99 Å². The van der Waals surface area contributed by atoms with Crippen LogP contribution in [0.4, 0.5) is 0 Å². The molecule has 1 heterocycles. The highest BCUT2D eigenvalue weighted by molar-refractivity contribution is 14.0. The number of amides is 2. The smallest absolute Gasteiger partial charge is 0.243 e. The van der Waals surface area contributed by atoms with Gasteiger partial charge >= 0.3 is 0 Å². The Hall–Kier alpha value is -1.06. The van der Waals surface area contributed by atoms with Crippen LogP contribution in [-0.4, -0.2) is 84.3 Å². The number of piperazine rings is 1. The third kappa shape index (κ3) is 5.98. The lowest BCUT2D eigenvalue weighted by atomic mass is 9.78. The Morgan fingerprint density at radius 2 is 1.72 bits per heavy atom. The van der Waals surface area contributed by atoms with Gasteiger partial charge in [0.2, 0.25) is 11.8 Å². The van der Waals surface area contributed by atoms with Gasteiger partial charge in [0, 0.05) is 46.7 Å². The van der Waals surface area contributed by atoms with Crippen molar-refractivity contribution in [2.45, 2.75) is 76.3 Å². The van der Waals surface area contributed by atoms with E-state index >= 15 is 0 Å². The zero-order valence-electron chi connectivity index (χ0n) is 18.3. The molecule has 0 bridgehead atoms. The summed E-state index contributed by atoms with van der Waals surface area (Å²) in [5, 5.41) is 3.65. The van der Waals surface area contributed by atoms with Gasteiger partial charge in [-0.25, -0.2) is 4.99 Å². The maximum atomic E-state index is 12.3. The van der Waals surface area contributed by atoms with Gasteiger partial charge in [-0.15, -0.1) is 24.0 Å². The topological polar surface area (TPSA) is 68.2 Å². The maximum Gasteiger partial charge on any atom is 0.243 e. The summed E-state index contributed by atoms with van der Waals surface area (Å²) in [7, 11) is 3.54. The summed E-state index contributed by atoms with van der Waals surface area (Å²) in [4.78, 5) is 35.2. The van der Waals surface area contributed by atoms with Crippen LogP contribution >= 0.6 is 24.0 Å². The quantitative estimate of drug-likeness (QED) is 0.354. The highest BCUT2D eigenvalue weighted by Gasteiger charge is 2.44. The molecule has 8 heteroatoms. The maximum absolute atomic E-state index is 12.3. The van der Waals surface area contributed by atoms with E-state index < -0.39 is 0 Å². The van der Waals surface area contributed by atoms with Crippen molar-refractivity contribution in [2.75, 3.05) is 40.3 Å². The Bertz CT molecular complexity index is 598. The van der Waals surface area contributed by atoms with Crippen molar-refractivity contribution in [3.05, 3.63) is 0 Å². The molecule has 1 aliphatic heterocycles. The van der Waals surface area contributed by atoms with E-state index in [-0.39, 0.29) is 47.9 Å². The molecule has 0 aromatic carbocycles. The summed E-state index contributed by atoms with van der Waals surface area (Å²) in [6, 6.07) is 0.446. The molecule has 3 fully saturated rings. The van der Waals surface area contributed by atoms with E-state index in [9.17, 15) is 9.59 Å². The molecule has 166 valence electrons. The molecule has 3 rings (SSSR count). The van der Waals surface area contributed by atoms with E-state index in [1.807, 2.05) is 0 Å². The van der Waals surface area contributed by atoms with Gasteiger partial charge in [0.25, 0.3) is 0 Å². The second-order valence-corrected chi connectivity index (χ2v) is 8.93. The normalized spacial score (nSPS) is 22.4. The molecule has 1 N–H and O–H groups in total. The molecular formula is C21H38IN5O2. The average Bonchev–Trinajstić information content (AvgIpc) is 3.18. The van der Waals surface area contributed by atoms with Crippen molar-refractivity contribution >= 4 is 41.8 Å². The van der Waals surface area contributed by atoms with Gasteiger partial charge in [-0.2, -0.15) is 0 Å². The van der Waals surface area contributed by atoms with Gasteiger partial charge < -0.3 is 20.0 Å². The number of guanidine groups is 1. The second kappa shape index (κ2) is 10.8. The molecule has 1 saturated heterocycles. The first-order valence-corrected chi connectivity index (χ1v) is 11.0.